The molecule has 0 unspecified atom stereocenters. The van der Waals surface area contributed by atoms with E-state index in [4.69, 9.17) is 24.4 Å². The first-order chi connectivity index (χ1) is 30.2. The van der Waals surface area contributed by atoms with Crippen LogP contribution in [-0.4, -0.2) is 99.9 Å². The zero-order valence-electron chi connectivity index (χ0n) is 42.1. The summed E-state index contributed by atoms with van der Waals surface area (Å²) in [6, 6.07) is 16.5. The van der Waals surface area contributed by atoms with E-state index in [1.807, 2.05) is 132 Å². The number of carbonyl (C=O) groups excluding carboxylic acids is 4. The molecule has 4 atom stereocenters. The van der Waals surface area contributed by atoms with E-state index in [1.165, 1.54) is 9.80 Å². The van der Waals surface area contributed by atoms with Gasteiger partial charge in [-0.05, 0) is 72.2 Å². The van der Waals surface area contributed by atoms with Crippen LogP contribution < -0.4 is 10.6 Å². The molecule has 0 aliphatic carbocycles. The van der Waals surface area contributed by atoms with Gasteiger partial charge in [0.25, 0.3) is 11.8 Å². The predicted octanol–water partition coefficient (Wildman–Crippen LogP) is 9.53. The summed E-state index contributed by atoms with van der Waals surface area (Å²) in [4.78, 5) is 74.4. The zero-order valence-corrected chi connectivity index (χ0v) is 42.1. The van der Waals surface area contributed by atoms with Crippen molar-refractivity contribution in [3.63, 3.8) is 0 Å². The summed E-state index contributed by atoms with van der Waals surface area (Å²) in [6.45, 7) is 26.5. The molecule has 1 aliphatic heterocycles. The molecule has 354 valence electrons. The Balaban J connectivity index is 1.40. The van der Waals surface area contributed by atoms with Gasteiger partial charge >= 0.3 is 12.2 Å². The first-order valence-electron chi connectivity index (χ1n) is 22.3. The lowest BCUT2D eigenvalue weighted by Gasteiger charge is -2.42. The van der Waals surface area contributed by atoms with Crippen LogP contribution in [0.2, 0.25) is 0 Å². The van der Waals surface area contributed by atoms with Crippen molar-refractivity contribution in [2.45, 2.75) is 127 Å². The normalized spacial score (nSPS) is 15.8. The Hall–Kier alpha value is -6.30. The van der Waals surface area contributed by atoms with Crippen LogP contribution in [0.25, 0.3) is 33.4 Å². The van der Waals surface area contributed by atoms with E-state index < -0.39 is 68.9 Å². The number of fused-ring (bicyclic) bond motifs is 2. The molecule has 3 N–H and O–H groups in total. The number of aliphatic imine (C=N–C) groups is 1. The molecule has 15 heteroatoms. The van der Waals surface area contributed by atoms with Crippen molar-refractivity contribution in [3.8, 4) is 28.5 Å². The summed E-state index contributed by atoms with van der Waals surface area (Å²) in [6.07, 6.45) is -0.763. The molecule has 5 rings (SSSR count). The number of carbonyl (C=O) groups is 4. The lowest BCUT2D eigenvalue weighted by atomic mass is 9.75. The van der Waals surface area contributed by atoms with Crippen LogP contribution in [0.4, 0.5) is 15.3 Å². The number of hydrogen-bond donors (Lipinski definition) is 3. The number of benzene rings is 2. The van der Waals surface area contributed by atoms with Gasteiger partial charge in [-0.2, -0.15) is 5.26 Å². The minimum absolute atomic E-state index is 0.248. The average Bonchev–Trinajstić information content (AvgIpc) is 3.82. The molecule has 0 radical (unpaired) electrons. The lowest BCUT2D eigenvalue weighted by molar-refractivity contribution is -0.152. The smallest absolute Gasteiger partial charge is 0.410 e. The number of imidazole rings is 1. The SMILES string of the molecule is CN(C)C(=O)O[C@@](C)(C(=O)N[C@H](C1=Nc2ccc(-c3ccc(-c4ccc5nc([C@@H](NC(=O)[C@](C)(OC(=O)N(C)C)C(C)(C)C)C(C)(C)C)[nH]c5c4)nc3C#N)cc2C1)C(C)(C)C)C(C)(C)C. The average molecular weight is 904 g/mol. The first-order valence-corrected chi connectivity index (χ1v) is 22.3. The summed E-state index contributed by atoms with van der Waals surface area (Å²) in [5.74, 6) is -0.322. The van der Waals surface area contributed by atoms with Crippen molar-refractivity contribution >= 4 is 46.4 Å². The monoisotopic (exact) mass is 904 g/mol. The van der Waals surface area contributed by atoms with E-state index in [0.717, 1.165) is 28.1 Å². The van der Waals surface area contributed by atoms with Crippen LogP contribution in [0.15, 0.2) is 53.5 Å². The molecule has 0 saturated carbocycles. The van der Waals surface area contributed by atoms with Crippen LogP contribution in [0.3, 0.4) is 0 Å². The van der Waals surface area contributed by atoms with E-state index in [-0.39, 0.29) is 5.69 Å². The summed E-state index contributed by atoms with van der Waals surface area (Å²) in [5.41, 5.74) is 1.55. The molecule has 1 aliphatic rings. The van der Waals surface area contributed by atoms with E-state index in [9.17, 15) is 24.4 Å². The molecule has 0 saturated heterocycles. The van der Waals surface area contributed by atoms with Gasteiger partial charge in [-0.1, -0.05) is 95.2 Å². The number of ether oxygens (including phenoxy) is 2. The third kappa shape index (κ3) is 10.2. The summed E-state index contributed by atoms with van der Waals surface area (Å²) < 4.78 is 11.7. The molecule has 0 fully saturated rings. The summed E-state index contributed by atoms with van der Waals surface area (Å²) >= 11 is 0. The number of nitrogens with zero attached hydrogens (tertiary/aromatic N) is 6. The van der Waals surface area contributed by atoms with Gasteiger partial charge in [0.1, 0.15) is 17.6 Å². The molecular weight excluding hydrogens is 835 g/mol. The van der Waals surface area contributed by atoms with Crippen molar-refractivity contribution < 1.29 is 28.7 Å². The Morgan fingerprint density at radius 1 is 0.682 bits per heavy atom. The third-order valence-corrected chi connectivity index (χ3v) is 12.8. The quantitative estimate of drug-likeness (QED) is 0.139. The highest BCUT2D eigenvalue weighted by Gasteiger charge is 2.51. The van der Waals surface area contributed by atoms with Gasteiger partial charge in [-0.25, -0.2) is 19.6 Å². The maximum atomic E-state index is 14.1. The van der Waals surface area contributed by atoms with Crippen molar-refractivity contribution in [1.29, 1.82) is 5.26 Å². The minimum Gasteiger partial charge on any atom is -0.432 e. The summed E-state index contributed by atoms with van der Waals surface area (Å²) in [7, 11) is 6.30. The summed E-state index contributed by atoms with van der Waals surface area (Å²) in [5, 5.41) is 16.8. The van der Waals surface area contributed by atoms with E-state index in [1.54, 1.807) is 42.0 Å². The molecule has 4 amide bonds. The highest BCUT2D eigenvalue weighted by molar-refractivity contribution is 6.02. The second-order valence-electron chi connectivity index (χ2n) is 22.3. The van der Waals surface area contributed by atoms with E-state index in [0.29, 0.717) is 34.5 Å². The molecular formula is C51H69N9O6. The third-order valence-electron chi connectivity index (χ3n) is 12.8. The van der Waals surface area contributed by atoms with E-state index >= 15 is 0 Å². The number of amides is 4. The number of rotatable bonds is 10. The molecule has 3 heterocycles. The van der Waals surface area contributed by atoms with Gasteiger partial charge in [0.05, 0.1) is 34.5 Å². The predicted molar refractivity (Wildman–Crippen MR) is 258 cm³/mol. The Kier molecular flexibility index (Phi) is 13.7. The Bertz CT molecular complexity index is 2610. The maximum Gasteiger partial charge on any atom is 0.410 e. The lowest BCUT2D eigenvalue weighted by Crippen LogP contribution is -2.61. The number of aromatic amines is 1. The number of pyridine rings is 1. The standard InChI is InChI=1S/C51H69N9O6/c1-46(2,3)39(57-42(61)50(13,48(7,8)9)65-44(63)59(15)16)37-27-31-25-29(19-22-34(31)53-37)32-21-24-33(54-38(32)28-52)30-20-23-35-36(26-30)56-41(55-35)40(47(4,5)6)58-43(62)51(14,49(10,11)12)66-45(64)60(17)18/h19-26,39-40H,27H2,1-18H3,(H,55,56)(H,57,61)(H,58,62)/t39-,40-,50+,51+/m1/s1. The fraction of sp³-hybridized carbons (Fsp3) is 0.529. The minimum atomic E-state index is -1.50. The van der Waals surface area contributed by atoms with Crippen LogP contribution in [-0.2, 0) is 25.5 Å². The number of hydrogen-bond acceptors (Lipinski definition) is 10. The largest absolute Gasteiger partial charge is 0.432 e. The Morgan fingerprint density at radius 2 is 1.20 bits per heavy atom. The topological polar surface area (TPSA) is 195 Å². The highest BCUT2D eigenvalue weighted by atomic mass is 16.6. The Labute approximate surface area is 390 Å². The highest BCUT2D eigenvalue weighted by Crippen LogP contribution is 2.41. The van der Waals surface area contributed by atoms with Crippen molar-refractivity contribution in [2.75, 3.05) is 28.2 Å². The molecule has 2 aromatic heterocycles. The number of H-pyrrole nitrogens is 1. The second-order valence-corrected chi connectivity index (χ2v) is 22.3. The first kappa shape index (κ1) is 50.7. The number of aromatic nitrogens is 3. The van der Waals surface area contributed by atoms with Gasteiger partial charge in [0.15, 0.2) is 11.2 Å². The number of nitriles is 1. The zero-order chi connectivity index (χ0) is 49.7. The van der Waals surface area contributed by atoms with Gasteiger partial charge < -0.3 is 34.9 Å². The molecule has 0 spiro atoms. The molecule has 2 aromatic carbocycles. The number of nitrogens with one attached hydrogen (secondary N) is 3. The van der Waals surface area contributed by atoms with Crippen molar-refractivity contribution in [2.24, 2.45) is 26.7 Å². The Morgan fingerprint density at radius 3 is 1.68 bits per heavy atom. The molecule has 4 aromatic rings. The molecule has 66 heavy (non-hydrogen) atoms. The van der Waals surface area contributed by atoms with Gasteiger partial charge in [-0.15, -0.1) is 0 Å². The van der Waals surface area contributed by atoms with Crippen LogP contribution in [0.1, 0.15) is 120 Å². The second kappa shape index (κ2) is 17.8. The molecule has 15 nitrogen and oxygen atoms in total. The van der Waals surface area contributed by atoms with E-state index in [2.05, 4.69) is 21.7 Å². The molecule has 0 bridgehead atoms. The maximum absolute atomic E-state index is 14.1. The van der Waals surface area contributed by atoms with Crippen LogP contribution in [0.5, 0.6) is 0 Å². The van der Waals surface area contributed by atoms with Crippen molar-refractivity contribution in [1.82, 2.24) is 35.4 Å². The van der Waals surface area contributed by atoms with Crippen LogP contribution in [0, 0.1) is 33.0 Å². The fourth-order valence-electron chi connectivity index (χ4n) is 7.47. The van der Waals surface area contributed by atoms with Gasteiger partial charge in [-0.3, -0.25) is 14.6 Å². The van der Waals surface area contributed by atoms with Crippen molar-refractivity contribution in [3.05, 3.63) is 65.6 Å². The van der Waals surface area contributed by atoms with Gasteiger partial charge in [0.2, 0.25) is 0 Å². The fourth-order valence-corrected chi connectivity index (χ4v) is 7.47. The van der Waals surface area contributed by atoms with Gasteiger partial charge in [0, 0.05) is 62.3 Å². The van der Waals surface area contributed by atoms with Crippen LogP contribution >= 0.6 is 0 Å².